The van der Waals surface area contributed by atoms with Gasteiger partial charge < -0.3 is 14.4 Å². The van der Waals surface area contributed by atoms with Crippen LogP contribution in [0.2, 0.25) is 5.02 Å². The highest BCUT2D eigenvalue weighted by Crippen LogP contribution is 2.39. The van der Waals surface area contributed by atoms with E-state index in [-0.39, 0.29) is 12.1 Å². The highest BCUT2D eigenvalue weighted by atomic mass is 79.9. The molecule has 1 saturated heterocycles. The largest absolute Gasteiger partial charge is 0.488 e. The van der Waals surface area contributed by atoms with Crippen LogP contribution in [0.1, 0.15) is 32.2 Å². The molecule has 1 aromatic heterocycles. The number of ether oxygens (including phenoxy) is 2. The Kier molecular flexibility index (Phi) is 6.88. The van der Waals surface area contributed by atoms with E-state index in [2.05, 4.69) is 50.8 Å². The van der Waals surface area contributed by atoms with Gasteiger partial charge in [-0.2, -0.15) is 10.0 Å². The molecule has 30 heavy (non-hydrogen) atoms. The summed E-state index contributed by atoms with van der Waals surface area (Å²) in [5.74, 6) is 3.77. The summed E-state index contributed by atoms with van der Waals surface area (Å²) in [7, 11) is -0.983. The summed E-state index contributed by atoms with van der Waals surface area (Å²) in [5.41, 5.74) is 0.903. The molecule has 0 N–H and O–H groups in total. The van der Waals surface area contributed by atoms with E-state index in [1.54, 1.807) is 4.90 Å². The number of hydrogen-bond acceptors (Lipinski definition) is 5. The molecular weight excluding hydrogens is 490 g/mol. The fourth-order valence-electron chi connectivity index (χ4n) is 3.23. The maximum atomic E-state index is 12.5. The van der Waals surface area contributed by atoms with Crippen LogP contribution in [0.15, 0.2) is 4.47 Å². The smallest absolute Gasteiger partial charge is 0.410 e. The Hall–Kier alpha value is -1.14. The van der Waals surface area contributed by atoms with Crippen LogP contribution in [0.25, 0.3) is 0 Å². The molecular formula is C21H29BrClN3O3S. The zero-order valence-corrected chi connectivity index (χ0v) is 21.5. The van der Waals surface area contributed by atoms with Crippen LogP contribution >= 0.6 is 37.6 Å². The second-order valence-electron chi connectivity index (χ2n) is 9.29. The molecule has 3 rings (SSSR count). The summed E-state index contributed by atoms with van der Waals surface area (Å²) in [6.07, 6.45) is 6.12. The van der Waals surface area contributed by atoms with Gasteiger partial charge in [-0.25, -0.2) is 9.78 Å². The molecule has 0 aromatic carbocycles. The number of pyridine rings is 1. The van der Waals surface area contributed by atoms with Crippen molar-refractivity contribution < 1.29 is 14.3 Å². The number of hydrogen-bond donors (Lipinski definition) is 0. The topological polar surface area (TPSA) is 54.9 Å². The fraction of sp³-hybridized carbons (Fsp3) is 0.619. The van der Waals surface area contributed by atoms with Crippen LogP contribution in [0.4, 0.5) is 4.79 Å². The Bertz CT molecular complexity index is 902. The van der Waals surface area contributed by atoms with E-state index in [0.29, 0.717) is 47.2 Å². The minimum atomic E-state index is -0.983. The molecule has 1 fully saturated rings. The van der Waals surface area contributed by atoms with Gasteiger partial charge in [-0.3, -0.25) is 4.90 Å². The maximum Gasteiger partial charge on any atom is 0.410 e. The highest BCUT2D eigenvalue weighted by molar-refractivity contribution is 9.10. The van der Waals surface area contributed by atoms with Crippen LogP contribution in [-0.4, -0.2) is 77.5 Å². The zero-order valence-electron chi connectivity index (χ0n) is 18.3. The molecule has 2 aliphatic rings. The highest BCUT2D eigenvalue weighted by Gasteiger charge is 2.35. The molecule has 0 spiro atoms. The van der Waals surface area contributed by atoms with Gasteiger partial charge >= 0.3 is 6.09 Å². The van der Waals surface area contributed by atoms with Gasteiger partial charge in [-0.15, -0.1) is 0 Å². The molecule has 0 saturated carbocycles. The van der Waals surface area contributed by atoms with Crippen molar-refractivity contribution in [3.8, 4) is 16.9 Å². The first-order chi connectivity index (χ1) is 13.8. The molecule has 0 aliphatic carbocycles. The fourth-order valence-corrected chi connectivity index (χ4v) is 4.25. The molecule has 1 amide bonds. The van der Waals surface area contributed by atoms with Crippen LogP contribution in [0, 0.1) is 11.2 Å². The SMILES string of the molecule is CC(C)(C)OC(=O)N1CCN2Cc3nc(C#CS(C)(C)C)c(Br)c(Cl)c3OC[C@H]2C1. The minimum absolute atomic E-state index is 0.0452. The third-order valence-electron chi connectivity index (χ3n) is 4.61. The maximum absolute atomic E-state index is 12.5. The molecule has 0 unspecified atom stereocenters. The lowest BCUT2D eigenvalue weighted by Crippen LogP contribution is -2.56. The van der Waals surface area contributed by atoms with Gasteiger partial charge in [0.05, 0.1) is 16.2 Å². The summed E-state index contributed by atoms with van der Waals surface area (Å²) in [6, 6.07) is 0.0452. The molecule has 166 valence electrons. The van der Waals surface area contributed by atoms with Crippen molar-refractivity contribution in [3.05, 3.63) is 20.9 Å². The van der Waals surface area contributed by atoms with Crippen molar-refractivity contribution in [1.82, 2.24) is 14.8 Å². The Labute approximate surface area is 194 Å². The summed E-state index contributed by atoms with van der Waals surface area (Å²) >= 11 is 10.1. The van der Waals surface area contributed by atoms with E-state index in [1.165, 1.54) is 0 Å². The predicted molar refractivity (Wildman–Crippen MR) is 127 cm³/mol. The van der Waals surface area contributed by atoms with Crippen molar-refractivity contribution in [2.75, 3.05) is 45.0 Å². The molecule has 0 radical (unpaired) electrons. The number of fused-ring (bicyclic) bond motifs is 2. The average molecular weight is 519 g/mol. The van der Waals surface area contributed by atoms with Crippen molar-refractivity contribution >= 4 is 43.7 Å². The first-order valence-electron chi connectivity index (χ1n) is 9.78. The van der Waals surface area contributed by atoms with Gasteiger partial charge in [0.1, 0.15) is 22.9 Å². The van der Waals surface area contributed by atoms with Crippen LogP contribution in [0.5, 0.6) is 5.75 Å². The standard InChI is InChI=1S/C21H29BrClN3O3S/c1-21(2,3)29-20(27)26-9-8-25-12-16-19(28-13-14(25)11-26)18(23)17(22)15(24-16)7-10-30(4,5)6/h14H,8-9,11-13H2,1-6H3/t14-/m1/s1. The van der Waals surface area contributed by atoms with Gasteiger partial charge in [0.15, 0.2) is 5.75 Å². The Morgan fingerprint density at radius 1 is 1.33 bits per heavy atom. The molecule has 2 aliphatic heterocycles. The molecule has 3 heterocycles. The van der Waals surface area contributed by atoms with Gasteiger partial charge in [0.25, 0.3) is 0 Å². The quantitative estimate of drug-likeness (QED) is 0.479. The number of piperazine rings is 1. The molecule has 1 aromatic rings. The van der Waals surface area contributed by atoms with Crippen molar-refractivity contribution in [1.29, 1.82) is 0 Å². The number of carbonyl (C=O) groups is 1. The van der Waals surface area contributed by atoms with E-state index >= 15 is 0 Å². The van der Waals surface area contributed by atoms with Crippen LogP contribution < -0.4 is 4.74 Å². The van der Waals surface area contributed by atoms with Gasteiger partial charge in [0.2, 0.25) is 0 Å². The molecule has 9 heteroatoms. The monoisotopic (exact) mass is 517 g/mol. The van der Waals surface area contributed by atoms with E-state index in [1.807, 2.05) is 20.8 Å². The summed E-state index contributed by atoms with van der Waals surface area (Å²) in [6.45, 7) is 8.52. The van der Waals surface area contributed by atoms with Gasteiger partial charge in [-0.1, -0.05) is 11.6 Å². The first kappa shape index (κ1) is 23.5. The minimum Gasteiger partial charge on any atom is -0.488 e. The van der Waals surface area contributed by atoms with Crippen molar-refractivity contribution in [2.45, 2.75) is 39.0 Å². The van der Waals surface area contributed by atoms with Gasteiger partial charge in [0, 0.05) is 26.2 Å². The Morgan fingerprint density at radius 2 is 2.03 bits per heavy atom. The Morgan fingerprint density at radius 3 is 2.67 bits per heavy atom. The van der Waals surface area contributed by atoms with Gasteiger partial charge in [-0.05, 0) is 66.6 Å². The van der Waals surface area contributed by atoms with E-state index in [0.717, 1.165) is 12.2 Å². The number of carbonyl (C=O) groups excluding carboxylic acids is 1. The second-order valence-corrected chi connectivity index (χ2v) is 14.3. The number of halogens is 2. The van der Waals surface area contributed by atoms with E-state index in [4.69, 9.17) is 26.1 Å². The molecule has 0 bridgehead atoms. The van der Waals surface area contributed by atoms with Crippen LogP contribution in [0.3, 0.4) is 0 Å². The Balaban J connectivity index is 1.81. The third kappa shape index (κ3) is 5.76. The van der Waals surface area contributed by atoms with Crippen molar-refractivity contribution in [2.24, 2.45) is 0 Å². The van der Waals surface area contributed by atoms with E-state index < -0.39 is 15.6 Å². The summed E-state index contributed by atoms with van der Waals surface area (Å²) < 4.78 is 12.3. The summed E-state index contributed by atoms with van der Waals surface area (Å²) in [5, 5.41) is 3.79. The normalized spacial score (nSPS) is 20.1. The van der Waals surface area contributed by atoms with E-state index in [9.17, 15) is 4.79 Å². The second kappa shape index (κ2) is 8.78. The number of amides is 1. The lowest BCUT2D eigenvalue weighted by molar-refractivity contribution is -0.00164. The lowest BCUT2D eigenvalue weighted by Gasteiger charge is -2.40. The number of nitrogens with zero attached hydrogens (tertiary/aromatic N) is 3. The first-order valence-corrected chi connectivity index (χ1v) is 13.8. The third-order valence-corrected chi connectivity index (χ3v) is 6.69. The van der Waals surface area contributed by atoms with Crippen LogP contribution in [-0.2, 0) is 11.3 Å². The zero-order chi connectivity index (χ0) is 22.3. The number of aromatic nitrogens is 1. The lowest BCUT2D eigenvalue weighted by atomic mass is 10.1. The predicted octanol–water partition coefficient (Wildman–Crippen LogP) is 4.31. The molecule has 6 nitrogen and oxygen atoms in total. The number of rotatable bonds is 0. The van der Waals surface area contributed by atoms with Crippen molar-refractivity contribution in [3.63, 3.8) is 0 Å². The average Bonchev–Trinajstić information content (AvgIpc) is 2.80. The summed E-state index contributed by atoms with van der Waals surface area (Å²) in [4.78, 5) is 21.3. The molecule has 1 atom stereocenters.